The van der Waals surface area contributed by atoms with Crippen molar-refractivity contribution in [3.8, 4) is 6.07 Å². The predicted octanol–water partition coefficient (Wildman–Crippen LogP) is 2.07. The Morgan fingerprint density at radius 2 is 1.95 bits per heavy atom. The van der Waals surface area contributed by atoms with Crippen LogP contribution in [0.15, 0.2) is 18.2 Å². The first kappa shape index (κ1) is 28.9. The monoisotopic (exact) mass is 564 g/mol. The van der Waals surface area contributed by atoms with Gasteiger partial charge in [-0.15, -0.1) is 0 Å². The predicted molar refractivity (Wildman–Crippen MR) is 150 cm³/mol. The first-order valence-corrected chi connectivity index (χ1v) is 14.5. The van der Waals surface area contributed by atoms with E-state index in [2.05, 4.69) is 11.4 Å². The molecule has 1 N–H and O–H groups in total. The number of likely N-dealkylation sites (tertiary alicyclic amines) is 3. The number of hydrogen-bond donors (Lipinski definition) is 1. The van der Waals surface area contributed by atoms with Gasteiger partial charge in [-0.05, 0) is 76.1 Å². The van der Waals surface area contributed by atoms with Crippen molar-refractivity contribution in [3.05, 3.63) is 34.9 Å². The van der Waals surface area contributed by atoms with Gasteiger partial charge in [0.1, 0.15) is 17.7 Å². The van der Waals surface area contributed by atoms with Gasteiger partial charge in [0.2, 0.25) is 11.8 Å². The van der Waals surface area contributed by atoms with Crippen LogP contribution in [0, 0.1) is 11.3 Å². The number of hydrogen-bond acceptors (Lipinski definition) is 7. The van der Waals surface area contributed by atoms with Crippen LogP contribution in [0.3, 0.4) is 0 Å². The van der Waals surface area contributed by atoms with Crippen molar-refractivity contribution in [2.45, 2.75) is 88.7 Å². The Bertz CT molecular complexity index is 1280. The highest BCUT2D eigenvalue weighted by Crippen LogP contribution is 2.44. The fourth-order valence-electron chi connectivity index (χ4n) is 6.81. The molecule has 0 spiro atoms. The van der Waals surface area contributed by atoms with Gasteiger partial charge in [0, 0.05) is 45.3 Å². The van der Waals surface area contributed by atoms with Gasteiger partial charge in [-0.2, -0.15) is 5.26 Å². The molecule has 3 aliphatic heterocycles. The number of carbonyl (C=O) groups excluding carboxylic acids is 4. The van der Waals surface area contributed by atoms with E-state index in [0.29, 0.717) is 31.5 Å². The summed E-state index contributed by atoms with van der Waals surface area (Å²) in [6, 6.07) is 6.12. The highest BCUT2D eigenvalue weighted by molar-refractivity contribution is 5.94. The summed E-state index contributed by atoms with van der Waals surface area (Å²) in [7, 11) is 3.47. The number of alkyl carbamates (subject to hydrolysis) is 1. The number of benzene rings is 1. The number of nitriles is 1. The number of fused-ring (bicyclic) bond motifs is 3. The molecule has 5 rings (SSSR count). The van der Waals surface area contributed by atoms with Crippen molar-refractivity contribution >= 4 is 23.8 Å². The van der Waals surface area contributed by atoms with Gasteiger partial charge in [0.05, 0.1) is 18.2 Å². The lowest BCUT2D eigenvalue weighted by Crippen LogP contribution is -2.59. The van der Waals surface area contributed by atoms with Crippen molar-refractivity contribution in [2.75, 3.05) is 33.7 Å². The SMILES string of the molecule is CN(C)C(=O)c1ccc2c(c1)CC[C@@H]2N1C(=O)[C@H]2C[C@@H]1CN2C[C@H](NC(=O)OC(C)(C)C)C(=O)N1CCC[C@H]1C#N. The molecule has 41 heavy (non-hydrogen) atoms. The van der Waals surface area contributed by atoms with E-state index >= 15 is 0 Å². The van der Waals surface area contributed by atoms with Crippen LogP contribution in [-0.4, -0.2) is 107 Å². The Hall–Kier alpha value is -3.65. The zero-order chi connectivity index (χ0) is 29.6. The van der Waals surface area contributed by atoms with Gasteiger partial charge in [0.25, 0.3) is 5.91 Å². The van der Waals surface area contributed by atoms with Crippen LogP contribution in [0.5, 0.6) is 0 Å². The summed E-state index contributed by atoms with van der Waals surface area (Å²) in [5.41, 5.74) is 2.13. The lowest BCUT2D eigenvalue weighted by Gasteiger charge is -2.39. The van der Waals surface area contributed by atoms with Gasteiger partial charge >= 0.3 is 6.09 Å². The second kappa shape index (κ2) is 11.0. The van der Waals surface area contributed by atoms with E-state index in [-0.39, 0.29) is 42.4 Å². The molecule has 4 aliphatic rings. The molecule has 3 fully saturated rings. The molecule has 11 heteroatoms. The van der Waals surface area contributed by atoms with Gasteiger partial charge in [0.15, 0.2) is 0 Å². The minimum Gasteiger partial charge on any atom is -0.444 e. The van der Waals surface area contributed by atoms with Crippen LogP contribution in [0.4, 0.5) is 4.79 Å². The van der Waals surface area contributed by atoms with Crippen molar-refractivity contribution < 1.29 is 23.9 Å². The number of nitrogens with zero attached hydrogens (tertiary/aromatic N) is 5. The summed E-state index contributed by atoms with van der Waals surface area (Å²) in [6.45, 7) is 6.50. The molecule has 0 saturated carbocycles. The normalized spacial score (nSPS) is 26.1. The molecule has 0 aromatic heterocycles. The number of piperazine rings is 1. The molecule has 3 heterocycles. The van der Waals surface area contributed by atoms with Crippen LogP contribution < -0.4 is 5.32 Å². The number of amides is 4. The molecule has 2 bridgehead atoms. The third kappa shape index (κ3) is 5.62. The molecule has 1 aliphatic carbocycles. The van der Waals surface area contributed by atoms with E-state index < -0.39 is 23.8 Å². The second-order valence-electron chi connectivity index (χ2n) is 12.8. The van der Waals surface area contributed by atoms with Gasteiger partial charge < -0.3 is 24.8 Å². The summed E-state index contributed by atoms with van der Waals surface area (Å²) in [5, 5.41) is 12.3. The summed E-state index contributed by atoms with van der Waals surface area (Å²) in [6.07, 6.45) is 2.94. The van der Waals surface area contributed by atoms with E-state index in [9.17, 15) is 24.4 Å². The third-order valence-electron chi connectivity index (χ3n) is 8.58. The first-order chi connectivity index (χ1) is 19.4. The zero-order valence-electron chi connectivity index (χ0n) is 24.6. The van der Waals surface area contributed by atoms with Crippen molar-refractivity contribution in [1.29, 1.82) is 5.26 Å². The zero-order valence-corrected chi connectivity index (χ0v) is 24.6. The topological polar surface area (TPSA) is 126 Å². The molecule has 220 valence electrons. The van der Waals surface area contributed by atoms with Crippen LogP contribution in [0.1, 0.15) is 74.0 Å². The van der Waals surface area contributed by atoms with Crippen LogP contribution in [-0.2, 0) is 20.7 Å². The maximum absolute atomic E-state index is 13.7. The highest BCUT2D eigenvalue weighted by atomic mass is 16.6. The lowest BCUT2D eigenvalue weighted by molar-refractivity contribution is -0.141. The lowest BCUT2D eigenvalue weighted by atomic mass is 10.0. The maximum atomic E-state index is 13.7. The Kier molecular flexibility index (Phi) is 7.72. The Balaban J connectivity index is 1.30. The van der Waals surface area contributed by atoms with E-state index in [1.54, 1.807) is 39.8 Å². The maximum Gasteiger partial charge on any atom is 0.408 e. The molecule has 5 atom stereocenters. The molecule has 1 aromatic carbocycles. The van der Waals surface area contributed by atoms with Crippen molar-refractivity contribution in [3.63, 3.8) is 0 Å². The molecular formula is C30H40N6O5. The number of carbonyl (C=O) groups is 4. The first-order valence-electron chi connectivity index (χ1n) is 14.5. The third-order valence-corrected chi connectivity index (χ3v) is 8.58. The van der Waals surface area contributed by atoms with Crippen LogP contribution in [0.25, 0.3) is 0 Å². The minimum atomic E-state index is -0.931. The number of ether oxygens (including phenoxy) is 1. The molecule has 11 nitrogen and oxygen atoms in total. The van der Waals surface area contributed by atoms with Crippen LogP contribution >= 0.6 is 0 Å². The molecule has 3 saturated heterocycles. The van der Waals surface area contributed by atoms with E-state index in [4.69, 9.17) is 4.74 Å². The van der Waals surface area contributed by atoms with Gasteiger partial charge in [-0.1, -0.05) is 6.07 Å². The number of aryl methyl sites for hydroxylation is 1. The van der Waals surface area contributed by atoms with E-state index in [1.807, 2.05) is 28.0 Å². The number of rotatable bonds is 6. The fraction of sp³-hybridized carbons (Fsp3) is 0.633. The average Bonchev–Trinajstić information content (AvgIpc) is 3.69. The summed E-state index contributed by atoms with van der Waals surface area (Å²) < 4.78 is 5.43. The van der Waals surface area contributed by atoms with Crippen molar-refractivity contribution in [2.24, 2.45) is 0 Å². The van der Waals surface area contributed by atoms with Crippen LogP contribution in [0.2, 0.25) is 0 Å². The minimum absolute atomic E-state index is 0.00227. The Labute approximate surface area is 241 Å². The standard InChI is InChI=1S/C30H40N6O5/c1-30(2,3)41-29(40)32-23(27(38)35-12-6-7-20(35)15-31)17-34-16-21-14-25(34)28(39)36(21)24-11-9-18-13-19(8-10-22(18)24)26(37)33(4)5/h8,10,13,20-21,23-25H,6-7,9,11-12,14,16-17H2,1-5H3,(H,32,40)/t20-,21+,23-,24-,25+/m0/s1. The molecule has 0 unspecified atom stereocenters. The smallest absolute Gasteiger partial charge is 0.408 e. The molecule has 1 aromatic rings. The van der Waals surface area contributed by atoms with Gasteiger partial charge in [-0.25, -0.2) is 4.79 Å². The molecular weight excluding hydrogens is 524 g/mol. The largest absolute Gasteiger partial charge is 0.444 e. The second-order valence-corrected chi connectivity index (χ2v) is 12.8. The average molecular weight is 565 g/mol. The van der Waals surface area contributed by atoms with Gasteiger partial charge in [-0.3, -0.25) is 19.3 Å². The fourth-order valence-corrected chi connectivity index (χ4v) is 6.81. The van der Waals surface area contributed by atoms with E-state index in [0.717, 1.165) is 30.4 Å². The Morgan fingerprint density at radius 3 is 2.61 bits per heavy atom. The Morgan fingerprint density at radius 1 is 1.20 bits per heavy atom. The van der Waals surface area contributed by atoms with Crippen molar-refractivity contribution in [1.82, 2.24) is 24.9 Å². The highest BCUT2D eigenvalue weighted by Gasteiger charge is 2.53. The van der Waals surface area contributed by atoms with E-state index in [1.165, 1.54) is 4.90 Å². The summed E-state index contributed by atoms with van der Waals surface area (Å²) >= 11 is 0. The molecule has 4 amide bonds. The number of nitrogens with one attached hydrogen (secondary N) is 1. The molecule has 0 radical (unpaired) electrons. The summed E-state index contributed by atoms with van der Waals surface area (Å²) in [5.74, 6) is -0.325. The quantitative estimate of drug-likeness (QED) is 0.561. The summed E-state index contributed by atoms with van der Waals surface area (Å²) in [4.78, 5) is 59.5.